The van der Waals surface area contributed by atoms with E-state index in [0.29, 0.717) is 18.4 Å². The van der Waals surface area contributed by atoms with Crippen LogP contribution in [-0.4, -0.2) is 18.9 Å². The number of ketones is 1. The van der Waals surface area contributed by atoms with E-state index in [4.69, 9.17) is 10.5 Å². The van der Waals surface area contributed by atoms with Crippen molar-refractivity contribution in [2.75, 3.05) is 7.11 Å². The lowest BCUT2D eigenvalue weighted by Gasteiger charge is -2.13. The number of Topliss-reactive ketones (excluding diaryl/α,β-unsaturated/α-hetero) is 1. The highest BCUT2D eigenvalue weighted by molar-refractivity contribution is 5.83. The van der Waals surface area contributed by atoms with Gasteiger partial charge in [0.2, 0.25) is 0 Å². The molecule has 1 rings (SSSR count). The summed E-state index contributed by atoms with van der Waals surface area (Å²) in [6.45, 7) is 1.75. The Morgan fingerprint density at radius 2 is 2.25 bits per heavy atom. The minimum atomic E-state index is -0.597. The molecular formula is C12H16FNO2. The van der Waals surface area contributed by atoms with Gasteiger partial charge in [-0.3, -0.25) is 4.79 Å². The lowest BCUT2D eigenvalue weighted by atomic mass is 10.0. The Balaban J connectivity index is 2.88. The van der Waals surface area contributed by atoms with Gasteiger partial charge < -0.3 is 10.5 Å². The molecule has 4 heteroatoms. The minimum absolute atomic E-state index is 0.0358. The molecule has 16 heavy (non-hydrogen) atoms. The van der Waals surface area contributed by atoms with Crippen molar-refractivity contribution in [2.45, 2.75) is 25.8 Å². The predicted octanol–water partition coefficient (Wildman–Crippen LogP) is 1.68. The van der Waals surface area contributed by atoms with Crippen molar-refractivity contribution >= 4 is 5.78 Å². The lowest BCUT2D eigenvalue weighted by molar-refractivity contribution is -0.119. The second-order valence-corrected chi connectivity index (χ2v) is 3.56. The average molecular weight is 225 g/mol. The van der Waals surface area contributed by atoms with E-state index in [9.17, 15) is 9.18 Å². The van der Waals surface area contributed by atoms with E-state index < -0.39 is 11.9 Å². The molecule has 1 aromatic carbocycles. The second-order valence-electron chi connectivity index (χ2n) is 3.56. The van der Waals surface area contributed by atoms with Crippen molar-refractivity contribution in [1.82, 2.24) is 0 Å². The highest BCUT2D eigenvalue weighted by Gasteiger charge is 2.16. The van der Waals surface area contributed by atoms with Crippen LogP contribution in [0.2, 0.25) is 0 Å². The predicted molar refractivity (Wildman–Crippen MR) is 59.9 cm³/mol. The van der Waals surface area contributed by atoms with E-state index in [1.807, 2.05) is 0 Å². The quantitative estimate of drug-likeness (QED) is 0.829. The van der Waals surface area contributed by atoms with Gasteiger partial charge in [-0.2, -0.15) is 0 Å². The van der Waals surface area contributed by atoms with E-state index in [1.54, 1.807) is 19.1 Å². The fourth-order valence-corrected chi connectivity index (χ4v) is 1.56. The number of methoxy groups -OCH3 is 1. The molecular weight excluding hydrogens is 209 g/mol. The molecule has 0 aromatic heterocycles. The van der Waals surface area contributed by atoms with Gasteiger partial charge in [-0.1, -0.05) is 19.1 Å². The second kappa shape index (κ2) is 5.61. The van der Waals surface area contributed by atoms with Gasteiger partial charge in [0.25, 0.3) is 0 Å². The van der Waals surface area contributed by atoms with Crippen LogP contribution in [0.3, 0.4) is 0 Å². The summed E-state index contributed by atoms with van der Waals surface area (Å²) in [6, 6.07) is 4.01. The number of halogens is 1. The van der Waals surface area contributed by atoms with E-state index in [1.165, 1.54) is 13.2 Å². The van der Waals surface area contributed by atoms with Crippen LogP contribution in [0, 0.1) is 5.82 Å². The Morgan fingerprint density at radius 3 is 2.81 bits per heavy atom. The SMILES string of the molecule is CCC(=O)C(N)Cc1cccc(F)c1OC. The molecule has 0 radical (unpaired) electrons. The molecule has 0 spiro atoms. The summed E-state index contributed by atoms with van der Waals surface area (Å²) in [5, 5.41) is 0. The molecule has 0 saturated heterocycles. The van der Waals surface area contributed by atoms with E-state index >= 15 is 0 Å². The summed E-state index contributed by atoms with van der Waals surface area (Å²) in [5.41, 5.74) is 6.33. The molecule has 3 nitrogen and oxygen atoms in total. The molecule has 0 bridgehead atoms. The molecule has 0 aliphatic heterocycles. The Hall–Kier alpha value is -1.42. The summed E-state index contributed by atoms with van der Waals surface area (Å²) < 4.78 is 18.3. The first-order valence-electron chi connectivity index (χ1n) is 5.19. The smallest absolute Gasteiger partial charge is 0.165 e. The molecule has 0 heterocycles. The van der Waals surface area contributed by atoms with Crippen LogP contribution in [0.15, 0.2) is 18.2 Å². The number of hydrogen-bond acceptors (Lipinski definition) is 3. The van der Waals surface area contributed by atoms with Crippen molar-refractivity contribution in [2.24, 2.45) is 5.73 Å². The third kappa shape index (κ3) is 2.79. The average Bonchev–Trinajstić information content (AvgIpc) is 2.28. The molecule has 0 amide bonds. The maximum Gasteiger partial charge on any atom is 0.165 e. The first kappa shape index (κ1) is 12.6. The summed E-state index contributed by atoms with van der Waals surface area (Å²) in [5.74, 6) is -0.302. The van der Waals surface area contributed by atoms with Crippen LogP contribution >= 0.6 is 0 Å². The van der Waals surface area contributed by atoms with Crippen LogP contribution in [-0.2, 0) is 11.2 Å². The molecule has 1 aromatic rings. The number of hydrogen-bond donors (Lipinski definition) is 1. The highest BCUT2D eigenvalue weighted by atomic mass is 19.1. The molecule has 0 fully saturated rings. The van der Waals surface area contributed by atoms with Crippen LogP contribution < -0.4 is 10.5 Å². The third-order valence-electron chi connectivity index (χ3n) is 2.45. The Morgan fingerprint density at radius 1 is 1.56 bits per heavy atom. The zero-order chi connectivity index (χ0) is 12.1. The van der Waals surface area contributed by atoms with Crippen molar-refractivity contribution in [1.29, 1.82) is 0 Å². The first-order valence-corrected chi connectivity index (χ1v) is 5.19. The Labute approximate surface area is 94.4 Å². The molecule has 88 valence electrons. The van der Waals surface area contributed by atoms with Gasteiger partial charge >= 0.3 is 0 Å². The standard InChI is InChI=1S/C12H16FNO2/c1-3-11(15)10(14)7-8-5-4-6-9(13)12(8)16-2/h4-6,10H,3,7,14H2,1-2H3. The van der Waals surface area contributed by atoms with Gasteiger partial charge in [0.05, 0.1) is 13.2 Å². The number of nitrogens with two attached hydrogens (primary N) is 1. The van der Waals surface area contributed by atoms with Crippen LogP contribution in [0.1, 0.15) is 18.9 Å². The van der Waals surface area contributed by atoms with Gasteiger partial charge in [0.15, 0.2) is 11.6 Å². The molecule has 0 aliphatic rings. The van der Waals surface area contributed by atoms with Gasteiger partial charge in [0.1, 0.15) is 5.78 Å². The Kier molecular flexibility index (Phi) is 4.43. The summed E-state index contributed by atoms with van der Waals surface area (Å²) >= 11 is 0. The minimum Gasteiger partial charge on any atom is -0.493 e. The summed E-state index contributed by atoms with van der Waals surface area (Å²) in [7, 11) is 1.40. The third-order valence-corrected chi connectivity index (χ3v) is 2.45. The fourth-order valence-electron chi connectivity index (χ4n) is 1.56. The maximum atomic E-state index is 13.3. The monoisotopic (exact) mass is 225 g/mol. The van der Waals surface area contributed by atoms with Crippen molar-refractivity contribution in [3.8, 4) is 5.75 Å². The topological polar surface area (TPSA) is 52.3 Å². The van der Waals surface area contributed by atoms with Gasteiger partial charge in [-0.25, -0.2) is 4.39 Å². The normalized spacial score (nSPS) is 12.2. The van der Waals surface area contributed by atoms with Crippen LogP contribution in [0.25, 0.3) is 0 Å². The first-order chi connectivity index (χ1) is 7.60. The number of carbonyl (C=O) groups is 1. The van der Waals surface area contributed by atoms with Gasteiger partial charge in [0, 0.05) is 6.42 Å². The number of benzene rings is 1. The fraction of sp³-hybridized carbons (Fsp3) is 0.417. The maximum absolute atomic E-state index is 13.3. The lowest BCUT2D eigenvalue weighted by Crippen LogP contribution is -2.32. The van der Waals surface area contributed by atoms with Gasteiger partial charge in [-0.15, -0.1) is 0 Å². The van der Waals surface area contributed by atoms with Gasteiger partial charge in [-0.05, 0) is 18.1 Å². The Bertz CT molecular complexity index is 379. The molecule has 0 aliphatic carbocycles. The number of rotatable bonds is 5. The summed E-state index contributed by atoms with van der Waals surface area (Å²) in [6.07, 6.45) is 0.687. The van der Waals surface area contributed by atoms with Crippen molar-refractivity contribution in [3.63, 3.8) is 0 Å². The van der Waals surface area contributed by atoms with Crippen LogP contribution in [0.4, 0.5) is 4.39 Å². The number of ether oxygens (including phenoxy) is 1. The summed E-state index contributed by atoms with van der Waals surface area (Å²) in [4.78, 5) is 11.3. The number of carbonyl (C=O) groups excluding carboxylic acids is 1. The molecule has 2 N–H and O–H groups in total. The van der Waals surface area contributed by atoms with Crippen molar-refractivity contribution < 1.29 is 13.9 Å². The van der Waals surface area contributed by atoms with E-state index in [2.05, 4.69) is 0 Å². The molecule has 0 saturated carbocycles. The zero-order valence-corrected chi connectivity index (χ0v) is 9.50. The molecule has 1 unspecified atom stereocenters. The largest absolute Gasteiger partial charge is 0.493 e. The van der Waals surface area contributed by atoms with E-state index in [0.717, 1.165) is 0 Å². The van der Waals surface area contributed by atoms with Crippen LogP contribution in [0.5, 0.6) is 5.75 Å². The molecule has 1 atom stereocenters. The highest BCUT2D eigenvalue weighted by Crippen LogP contribution is 2.23. The van der Waals surface area contributed by atoms with E-state index in [-0.39, 0.29) is 11.5 Å². The number of para-hydroxylation sites is 1. The zero-order valence-electron chi connectivity index (χ0n) is 9.50. The van der Waals surface area contributed by atoms with Crippen molar-refractivity contribution in [3.05, 3.63) is 29.6 Å².